The number of para-hydroxylation sites is 1. The molecule has 0 unspecified atom stereocenters. The molecule has 5 rings (SSSR count). The van der Waals surface area contributed by atoms with Gasteiger partial charge in [-0.2, -0.15) is 0 Å². The van der Waals surface area contributed by atoms with Crippen LogP contribution in [0.4, 0.5) is 0 Å². The van der Waals surface area contributed by atoms with E-state index in [1.807, 2.05) is 40.9 Å². The lowest BCUT2D eigenvalue weighted by molar-refractivity contribution is 0.173. The number of ether oxygens (including phenoxy) is 4. The van der Waals surface area contributed by atoms with E-state index in [4.69, 9.17) is 30.5 Å². The summed E-state index contributed by atoms with van der Waals surface area (Å²) in [4.78, 5) is 1.79. The molecule has 28 heavy (non-hydrogen) atoms. The minimum absolute atomic E-state index is 0.234. The Labute approximate surface area is 169 Å². The second-order valence-electron chi connectivity index (χ2n) is 5.99. The van der Waals surface area contributed by atoms with Gasteiger partial charge in [0.2, 0.25) is 11.8 Å². The molecule has 0 N–H and O–H groups in total. The molecule has 142 valence electrons. The third-order valence-corrected chi connectivity index (χ3v) is 5.41. The predicted molar refractivity (Wildman–Crippen MR) is 104 cm³/mol. The smallest absolute Gasteiger partial charge is 0.231 e. The lowest BCUT2D eigenvalue weighted by Gasteiger charge is -2.06. The van der Waals surface area contributed by atoms with Gasteiger partial charge in [0.15, 0.2) is 17.3 Å². The molecule has 2 aromatic carbocycles. The molecule has 7 nitrogen and oxygen atoms in total. The van der Waals surface area contributed by atoms with Crippen LogP contribution in [0.2, 0.25) is 5.02 Å². The topological polar surface area (TPSA) is 67.1 Å². The fraction of sp³-hybridized carbons (Fsp3) is 0.158. The van der Waals surface area contributed by atoms with Gasteiger partial charge < -0.3 is 18.9 Å². The monoisotopic (exact) mass is 415 g/mol. The first-order valence-corrected chi connectivity index (χ1v) is 9.68. The van der Waals surface area contributed by atoms with E-state index in [1.54, 1.807) is 12.1 Å². The van der Waals surface area contributed by atoms with Crippen LogP contribution in [-0.2, 0) is 13.2 Å². The van der Waals surface area contributed by atoms with Crippen molar-refractivity contribution in [3.8, 4) is 23.0 Å². The molecular formula is C19H14ClN3O4S. The van der Waals surface area contributed by atoms with Crippen molar-refractivity contribution in [2.75, 3.05) is 6.79 Å². The van der Waals surface area contributed by atoms with Crippen LogP contribution in [0.3, 0.4) is 0 Å². The van der Waals surface area contributed by atoms with Crippen molar-refractivity contribution in [1.82, 2.24) is 14.6 Å². The maximum atomic E-state index is 6.13. The molecular weight excluding hydrogens is 402 g/mol. The molecule has 4 aromatic rings. The van der Waals surface area contributed by atoms with Gasteiger partial charge in [-0.1, -0.05) is 35.1 Å². The minimum Gasteiger partial charge on any atom is -0.486 e. The molecule has 0 aliphatic carbocycles. The number of benzene rings is 2. The van der Waals surface area contributed by atoms with Gasteiger partial charge in [-0.3, -0.25) is 4.40 Å². The van der Waals surface area contributed by atoms with Crippen molar-refractivity contribution >= 4 is 27.9 Å². The Kier molecular flexibility index (Phi) is 4.42. The number of nitrogens with zero attached hydrogens (tertiary/aromatic N) is 3. The van der Waals surface area contributed by atoms with E-state index in [-0.39, 0.29) is 13.4 Å². The van der Waals surface area contributed by atoms with Crippen LogP contribution in [0.1, 0.15) is 10.7 Å². The molecule has 0 bridgehead atoms. The van der Waals surface area contributed by atoms with E-state index in [9.17, 15) is 0 Å². The number of hydrogen-bond acceptors (Lipinski definition) is 7. The summed E-state index contributed by atoms with van der Waals surface area (Å²) in [5.41, 5.74) is 0. The summed E-state index contributed by atoms with van der Waals surface area (Å²) in [5.74, 6) is 3.43. The fourth-order valence-corrected chi connectivity index (χ4v) is 3.82. The zero-order valence-corrected chi connectivity index (χ0v) is 16.1. The van der Waals surface area contributed by atoms with E-state index in [0.29, 0.717) is 34.7 Å². The number of fused-ring (bicyclic) bond motifs is 2. The molecule has 1 aliphatic rings. The van der Waals surface area contributed by atoms with E-state index < -0.39 is 0 Å². The zero-order valence-electron chi connectivity index (χ0n) is 14.5. The van der Waals surface area contributed by atoms with E-state index in [0.717, 1.165) is 15.6 Å². The molecule has 1 aliphatic heterocycles. The van der Waals surface area contributed by atoms with Gasteiger partial charge in [0.05, 0.1) is 9.90 Å². The highest BCUT2D eigenvalue weighted by Gasteiger charge is 2.15. The van der Waals surface area contributed by atoms with Crippen LogP contribution in [0.5, 0.6) is 23.0 Å². The van der Waals surface area contributed by atoms with Crippen LogP contribution < -0.4 is 18.9 Å². The lowest BCUT2D eigenvalue weighted by atomic mass is 10.3. The van der Waals surface area contributed by atoms with Gasteiger partial charge in [0.1, 0.15) is 24.7 Å². The summed E-state index contributed by atoms with van der Waals surface area (Å²) in [6, 6.07) is 12.9. The highest BCUT2D eigenvalue weighted by molar-refractivity contribution is 7.17. The van der Waals surface area contributed by atoms with Crippen molar-refractivity contribution < 1.29 is 18.9 Å². The van der Waals surface area contributed by atoms with E-state index in [2.05, 4.69) is 10.2 Å². The maximum Gasteiger partial charge on any atom is 0.231 e. The van der Waals surface area contributed by atoms with E-state index in [1.165, 1.54) is 11.3 Å². The van der Waals surface area contributed by atoms with Crippen LogP contribution in [-0.4, -0.2) is 21.4 Å². The fourth-order valence-electron chi connectivity index (χ4n) is 2.78. The van der Waals surface area contributed by atoms with Crippen molar-refractivity contribution in [2.45, 2.75) is 13.2 Å². The van der Waals surface area contributed by atoms with Gasteiger partial charge in [-0.05, 0) is 24.3 Å². The van der Waals surface area contributed by atoms with Gasteiger partial charge in [-0.15, -0.1) is 10.2 Å². The molecule has 0 spiro atoms. The summed E-state index contributed by atoms with van der Waals surface area (Å²) in [7, 11) is 0. The number of halogens is 1. The first-order chi connectivity index (χ1) is 13.8. The van der Waals surface area contributed by atoms with Crippen LogP contribution in [0.25, 0.3) is 4.96 Å². The molecule has 3 heterocycles. The minimum atomic E-state index is 0.234. The Hall–Kier alpha value is -2.97. The highest BCUT2D eigenvalue weighted by Crippen LogP contribution is 2.35. The lowest BCUT2D eigenvalue weighted by Crippen LogP contribution is -2.01. The SMILES string of the molecule is Clc1ccccc1OCc1cn2c(COc3ccc4c(c3)OCO4)nnc2s1. The average Bonchev–Trinajstić information content (AvgIpc) is 3.41. The molecule has 0 saturated carbocycles. The third-order valence-electron chi connectivity index (χ3n) is 4.15. The van der Waals surface area contributed by atoms with Crippen LogP contribution in [0.15, 0.2) is 48.7 Å². The first kappa shape index (κ1) is 17.2. The largest absolute Gasteiger partial charge is 0.486 e. The Morgan fingerprint density at radius 3 is 2.86 bits per heavy atom. The molecule has 2 aromatic heterocycles. The summed E-state index contributed by atoms with van der Waals surface area (Å²) in [6.07, 6.45) is 1.95. The Morgan fingerprint density at radius 2 is 1.93 bits per heavy atom. The molecule has 0 fully saturated rings. The average molecular weight is 416 g/mol. The summed E-state index contributed by atoms with van der Waals surface area (Å²) in [5, 5.41) is 8.99. The Bertz CT molecular complexity index is 1140. The van der Waals surface area contributed by atoms with Crippen molar-refractivity contribution in [2.24, 2.45) is 0 Å². The number of hydrogen-bond donors (Lipinski definition) is 0. The molecule has 0 radical (unpaired) electrons. The van der Waals surface area contributed by atoms with Gasteiger partial charge in [-0.25, -0.2) is 0 Å². The Morgan fingerprint density at radius 1 is 1.04 bits per heavy atom. The predicted octanol–water partition coefficient (Wildman–Crippen LogP) is 4.33. The number of rotatable bonds is 6. The summed E-state index contributed by atoms with van der Waals surface area (Å²) >= 11 is 7.64. The summed E-state index contributed by atoms with van der Waals surface area (Å²) < 4.78 is 24.2. The Balaban J connectivity index is 1.27. The van der Waals surface area contributed by atoms with Crippen LogP contribution >= 0.6 is 22.9 Å². The number of thiazole rings is 1. The highest BCUT2D eigenvalue weighted by atomic mass is 35.5. The van der Waals surface area contributed by atoms with Gasteiger partial charge in [0, 0.05) is 12.3 Å². The van der Waals surface area contributed by atoms with Crippen molar-refractivity contribution in [3.63, 3.8) is 0 Å². The zero-order chi connectivity index (χ0) is 18.9. The second-order valence-corrected chi connectivity index (χ2v) is 7.49. The van der Waals surface area contributed by atoms with Gasteiger partial charge in [0.25, 0.3) is 0 Å². The first-order valence-electron chi connectivity index (χ1n) is 8.48. The van der Waals surface area contributed by atoms with E-state index >= 15 is 0 Å². The second kappa shape index (κ2) is 7.21. The number of aromatic nitrogens is 3. The molecule has 0 amide bonds. The molecule has 0 atom stereocenters. The molecule has 0 saturated heterocycles. The standard InChI is InChI=1S/C19H14ClN3O4S/c20-14-3-1-2-4-15(14)25-9-13-8-23-18(21-22-19(23)28-13)10-24-12-5-6-16-17(7-12)27-11-26-16/h1-8H,9-11H2. The van der Waals surface area contributed by atoms with Crippen LogP contribution in [0, 0.1) is 0 Å². The normalized spacial score (nSPS) is 12.5. The summed E-state index contributed by atoms with van der Waals surface area (Å²) in [6.45, 7) is 0.917. The molecule has 9 heteroatoms. The van der Waals surface area contributed by atoms with Crippen molar-refractivity contribution in [1.29, 1.82) is 0 Å². The maximum absolute atomic E-state index is 6.13. The van der Waals surface area contributed by atoms with Gasteiger partial charge >= 0.3 is 0 Å². The van der Waals surface area contributed by atoms with Crippen molar-refractivity contribution in [3.05, 3.63) is 64.4 Å². The third kappa shape index (κ3) is 3.32. The quantitative estimate of drug-likeness (QED) is 0.467.